The predicted octanol–water partition coefficient (Wildman–Crippen LogP) is 3.78. The molecule has 0 radical (unpaired) electrons. The summed E-state index contributed by atoms with van der Waals surface area (Å²) in [6.45, 7) is 3.50. The zero-order chi connectivity index (χ0) is 20.5. The molecule has 1 fully saturated rings. The fraction of sp³-hybridized carbons (Fsp3) is 0.565. The molecule has 1 unspecified atom stereocenters. The van der Waals surface area contributed by atoms with Crippen LogP contribution in [0.25, 0.3) is 10.2 Å². The number of rotatable bonds is 5. The van der Waals surface area contributed by atoms with Gasteiger partial charge >= 0.3 is 0 Å². The number of aryl methyl sites for hydroxylation is 2. The third kappa shape index (κ3) is 4.05. The van der Waals surface area contributed by atoms with E-state index in [1.54, 1.807) is 17.7 Å². The van der Waals surface area contributed by atoms with Crippen molar-refractivity contribution in [3.05, 3.63) is 50.9 Å². The van der Waals surface area contributed by atoms with E-state index in [9.17, 15) is 4.79 Å². The Bertz CT molecular complexity index is 1080. The van der Waals surface area contributed by atoms with Gasteiger partial charge in [0.15, 0.2) is 0 Å². The van der Waals surface area contributed by atoms with Crippen LogP contribution in [-0.2, 0) is 25.9 Å². The molecule has 3 heterocycles. The summed E-state index contributed by atoms with van der Waals surface area (Å²) in [6.07, 6.45) is 14.8. The normalized spacial score (nSPS) is 19.8. The summed E-state index contributed by atoms with van der Waals surface area (Å²) >= 11 is 1.70. The average Bonchev–Trinajstić information content (AvgIpc) is 3.14. The van der Waals surface area contributed by atoms with E-state index in [0.717, 1.165) is 54.0 Å². The lowest BCUT2D eigenvalue weighted by atomic mass is 9.89. The van der Waals surface area contributed by atoms with E-state index < -0.39 is 0 Å². The molecule has 0 saturated heterocycles. The molecule has 0 spiro atoms. The van der Waals surface area contributed by atoms with Crippen LogP contribution in [0.1, 0.15) is 60.4 Å². The summed E-state index contributed by atoms with van der Waals surface area (Å²) in [5.74, 6) is 0.628. The van der Waals surface area contributed by atoms with Crippen molar-refractivity contribution in [2.45, 2.75) is 77.4 Å². The van der Waals surface area contributed by atoms with Crippen LogP contribution in [-0.4, -0.2) is 25.6 Å². The maximum atomic E-state index is 13.3. The first-order valence-electron chi connectivity index (χ1n) is 11.2. The molecule has 1 N–H and O–H groups in total. The molecule has 3 aromatic heterocycles. The summed E-state index contributed by atoms with van der Waals surface area (Å²) in [4.78, 5) is 28.9. The predicted molar refractivity (Wildman–Crippen MR) is 120 cm³/mol. The first-order chi connectivity index (χ1) is 14.7. The second-order valence-electron chi connectivity index (χ2n) is 8.86. The van der Waals surface area contributed by atoms with Crippen LogP contribution in [0.5, 0.6) is 0 Å². The van der Waals surface area contributed by atoms with Crippen LogP contribution in [0.2, 0.25) is 0 Å². The van der Waals surface area contributed by atoms with Gasteiger partial charge in [-0.25, -0.2) is 4.98 Å². The van der Waals surface area contributed by atoms with E-state index in [-0.39, 0.29) is 5.56 Å². The second kappa shape index (κ2) is 8.55. The molecule has 0 bridgehead atoms. The van der Waals surface area contributed by atoms with Gasteiger partial charge in [-0.15, -0.1) is 11.3 Å². The summed E-state index contributed by atoms with van der Waals surface area (Å²) in [7, 11) is 0. The molecule has 5 rings (SSSR count). The molecule has 1 atom stereocenters. The monoisotopic (exact) mass is 423 g/mol. The van der Waals surface area contributed by atoms with Crippen LogP contribution >= 0.6 is 11.3 Å². The van der Waals surface area contributed by atoms with E-state index >= 15 is 0 Å². The van der Waals surface area contributed by atoms with Crippen LogP contribution in [0, 0.1) is 12.8 Å². The largest absolute Gasteiger partial charge is 0.308 e. The summed E-state index contributed by atoms with van der Waals surface area (Å²) < 4.78 is 1.88. The van der Waals surface area contributed by atoms with Crippen molar-refractivity contribution in [3.63, 3.8) is 0 Å². The smallest absolute Gasteiger partial charge is 0.262 e. The SMILES string of the molecule is Cc1cnc(CNC2CCc3c(sc4ncn(CC5CCCCC5)c(=O)c34)C2)cn1. The molecule has 158 valence electrons. The Morgan fingerprint density at radius 1 is 1.13 bits per heavy atom. The number of fused-ring (bicyclic) bond motifs is 3. The van der Waals surface area contributed by atoms with Crippen LogP contribution < -0.4 is 10.9 Å². The van der Waals surface area contributed by atoms with Crippen molar-refractivity contribution in [3.8, 4) is 0 Å². The summed E-state index contributed by atoms with van der Waals surface area (Å²) in [5, 5.41) is 4.51. The lowest BCUT2D eigenvalue weighted by molar-refractivity contribution is 0.315. The fourth-order valence-electron chi connectivity index (χ4n) is 4.91. The van der Waals surface area contributed by atoms with Crippen LogP contribution in [0.15, 0.2) is 23.5 Å². The highest BCUT2D eigenvalue weighted by Gasteiger charge is 2.25. The maximum Gasteiger partial charge on any atom is 0.262 e. The molecular weight excluding hydrogens is 394 g/mol. The van der Waals surface area contributed by atoms with Crippen LogP contribution in [0.3, 0.4) is 0 Å². The summed E-state index contributed by atoms with van der Waals surface area (Å²) in [5.41, 5.74) is 3.33. The first-order valence-corrected chi connectivity index (χ1v) is 12.0. The van der Waals surface area contributed by atoms with E-state index in [1.165, 1.54) is 42.5 Å². The highest BCUT2D eigenvalue weighted by molar-refractivity contribution is 7.18. The molecule has 6 nitrogen and oxygen atoms in total. The van der Waals surface area contributed by atoms with E-state index in [4.69, 9.17) is 0 Å². The van der Waals surface area contributed by atoms with Gasteiger partial charge in [0.2, 0.25) is 0 Å². The van der Waals surface area contributed by atoms with Gasteiger partial charge in [-0.05, 0) is 50.5 Å². The van der Waals surface area contributed by atoms with Crippen molar-refractivity contribution in [1.29, 1.82) is 0 Å². The van der Waals surface area contributed by atoms with Crippen molar-refractivity contribution < 1.29 is 0 Å². The Hall–Kier alpha value is -2.12. The highest BCUT2D eigenvalue weighted by atomic mass is 32.1. The van der Waals surface area contributed by atoms with E-state index in [1.807, 2.05) is 23.9 Å². The van der Waals surface area contributed by atoms with Gasteiger partial charge in [-0.2, -0.15) is 0 Å². The molecule has 30 heavy (non-hydrogen) atoms. The van der Waals surface area contributed by atoms with Gasteiger partial charge in [-0.3, -0.25) is 19.3 Å². The average molecular weight is 424 g/mol. The van der Waals surface area contributed by atoms with Gasteiger partial charge in [0, 0.05) is 36.4 Å². The van der Waals surface area contributed by atoms with Gasteiger partial charge in [0.25, 0.3) is 5.56 Å². The van der Waals surface area contributed by atoms with Gasteiger partial charge in [0.1, 0.15) is 4.83 Å². The Labute approximate surface area is 180 Å². The number of aromatic nitrogens is 4. The number of nitrogens with zero attached hydrogens (tertiary/aromatic N) is 4. The van der Waals surface area contributed by atoms with Crippen molar-refractivity contribution in [2.75, 3.05) is 0 Å². The Morgan fingerprint density at radius 3 is 2.80 bits per heavy atom. The minimum absolute atomic E-state index is 0.171. The summed E-state index contributed by atoms with van der Waals surface area (Å²) in [6, 6.07) is 0.401. The van der Waals surface area contributed by atoms with Crippen molar-refractivity contribution >= 4 is 21.6 Å². The lowest BCUT2D eigenvalue weighted by Crippen LogP contribution is -2.34. The molecule has 3 aromatic rings. The molecule has 7 heteroatoms. The topological polar surface area (TPSA) is 72.7 Å². The van der Waals surface area contributed by atoms with Crippen molar-refractivity contribution in [1.82, 2.24) is 24.8 Å². The number of thiophene rings is 1. The van der Waals surface area contributed by atoms with Crippen LogP contribution in [0.4, 0.5) is 0 Å². The fourth-order valence-corrected chi connectivity index (χ4v) is 6.17. The zero-order valence-electron chi connectivity index (χ0n) is 17.6. The standard InChI is InChI=1S/C23H29N5OS/c1-15-10-25-18(11-24-15)12-26-17-7-8-19-20(9-17)30-22-21(19)23(29)28(14-27-22)13-16-5-3-2-4-6-16/h10-11,14,16-17,26H,2-9,12-13H2,1H3. The first kappa shape index (κ1) is 19.8. The highest BCUT2D eigenvalue weighted by Crippen LogP contribution is 2.34. The molecule has 2 aliphatic carbocycles. The Balaban J connectivity index is 1.32. The number of hydrogen-bond donors (Lipinski definition) is 1. The zero-order valence-corrected chi connectivity index (χ0v) is 18.4. The lowest BCUT2D eigenvalue weighted by Gasteiger charge is -2.23. The van der Waals surface area contributed by atoms with Gasteiger partial charge in [0.05, 0.1) is 23.1 Å². The Kier molecular flexibility index (Phi) is 5.65. The molecule has 1 saturated carbocycles. The van der Waals surface area contributed by atoms with Gasteiger partial charge < -0.3 is 5.32 Å². The Morgan fingerprint density at radius 2 is 2.00 bits per heavy atom. The van der Waals surface area contributed by atoms with E-state index in [0.29, 0.717) is 12.0 Å². The third-order valence-corrected chi connectivity index (χ3v) is 7.78. The van der Waals surface area contributed by atoms with E-state index in [2.05, 4.69) is 20.3 Å². The molecule has 2 aliphatic rings. The van der Waals surface area contributed by atoms with Crippen molar-refractivity contribution in [2.24, 2.45) is 5.92 Å². The minimum Gasteiger partial charge on any atom is -0.308 e. The van der Waals surface area contributed by atoms with Gasteiger partial charge in [-0.1, -0.05) is 19.3 Å². The number of hydrogen-bond acceptors (Lipinski definition) is 6. The third-order valence-electron chi connectivity index (χ3n) is 6.62. The number of nitrogens with one attached hydrogen (secondary N) is 1. The molecule has 0 aromatic carbocycles. The molecule has 0 aliphatic heterocycles. The minimum atomic E-state index is 0.171. The second-order valence-corrected chi connectivity index (χ2v) is 9.94. The molecular formula is C23H29N5OS. The maximum absolute atomic E-state index is 13.3. The quantitative estimate of drug-likeness (QED) is 0.676. The molecule has 0 amide bonds.